The molecule has 1 aromatic carbocycles. The summed E-state index contributed by atoms with van der Waals surface area (Å²) in [4.78, 5) is 11.0. The van der Waals surface area contributed by atoms with Crippen molar-refractivity contribution in [3.8, 4) is 5.75 Å². The highest BCUT2D eigenvalue weighted by Gasteiger charge is 2.15. The minimum atomic E-state index is 0.391. The number of hydrogen-bond donors (Lipinski definition) is 1. The van der Waals surface area contributed by atoms with E-state index in [-0.39, 0.29) is 0 Å². The zero-order valence-corrected chi connectivity index (χ0v) is 15.8. The molecule has 0 radical (unpaired) electrons. The first-order valence-electron chi connectivity index (χ1n) is 10.0. The van der Waals surface area contributed by atoms with E-state index in [9.17, 15) is 0 Å². The quantitative estimate of drug-likeness (QED) is 0.840. The lowest BCUT2D eigenvalue weighted by molar-refractivity contribution is 0.122. The maximum atomic E-state index is 6.10. The Morgan fingerprint density at radius 2 is 1.81 bits per heavy atom. The Bertz CT molecular complexity index is 710. The van der Waals surface area contributed by atoms with Gasteiger partial charge in [-0.05, 0) is 43.4 Å². The van der Waals surface area contributed by atoms with E-state index in [1.165, 1.54) is 37.7 Å². The SMILES string of the molecule is c1nc(NCc2ccc(OC3CCCCC3)cc2)cc(N2CCOCC2)n1. The molecule has 6 nitrogen and oxygen atoms in total. The molecule has 1 N–H and O–H groups in total. The Morgan fingerprint density at radius 1 is 1.04 bits per heavy atom. The maximum absolute atomic E-state index is 6.10. The molecule has 144 valence electrons. The van der Waals surface area contributed by atoms with Gasteiger partial charge < -0.3 is 19.7 Å². The van der Waals surface area contributed by atoms with Gasteiger partial charge in [0.1, 0.15) is 23.7 Å². The average Bonchev–Trinajstić information content (AvgIpc) is 2.75. The summed E-state index contributed by atoms with van der Waals surface area (Å²) < 4.78 is 11.5. The third kappa shape index (κ3) is 5.10. The molecule has 27 heavy (non-hydrogen) atoms. The Labute approximate surface area is 160 Å². The van der Waals surface area contributed by atoms with Crippen molar-refractivity contribution in [2.45, 2.75) is 44.8 Å². The number of nitrogens with one attached hydrogen (secondary N) is 1. The van der Waals surface area contributed by atoms with Crippen LogP contribution in [0.15, 0.2) is 36.7 Å². The van der Waals surface area contributed by atoms with Crippen LogP contribution in [0.3, 0.4) is 0 Å². The van der Waals surface area contributed by atoms with Crippen LogP contribution in [0.4, 0.5) is 11.6 Å². The third-order valence-corrected chi connectivity index (χ3v) is 5.24. The molecule has 2 heterocycles. The van der Waals surface area contributed by atoms with Crippen molar-refractivity contribution < 1.29 is 9.47 Å². The van der Waals surface area contributed by atoms with Crippen molar-refractivity contribution in [1.29, 1.82) is 0 Å². The van der Waals surface area contributed by atoms with E-state index in [4.69, 9.17) is 9.47 Å². The van der Waals surface area contributed by atoms with Crippen LogP contribution in [0.2, 0.25) is 0 Å². The van der Waals surface area contributed by atoms with Gasteiger partial charge in [0.2, 0.25) is 0 Å². The summed E-state index contributed by atoms with van der Waals surface area (Å²) in [5.41, 5.74) is 1.21. The van der Waals surface area contributed by atoms with E-state index in [2.05, 4.69) is 44.5 Å². The monoisotopic (exact) mass is 368 g/mol. The van der Waals surface area contributed by atoms with E-state index in [0.717, 1.165) is 50.2 Å². The summed E-state index contributed by atoms with van der Waals surface area (Å²) in [7, 11) is 0. The van der Waals surface area contributed by atoms with Gasteiger partial charge in [-0.25, -0.2) is 9.97 Å². The molecular formula is C21H28N4O2. The Balaban J connectivity index is 1.30. The first-order chi connectivity index (χ1) is 13.4. The van der Waals surface area contributed by atoms with Crippen LogP contribution in [-0.2, 0) is 11.3 Å². The van der Waals surface area contributed by atoms with E-state index < -0.39 is 0 Å². The number of rotatable bonds is 6. The van der Waals surface area contributed by atoms with E-state index >= 15 is 0 Å². The number of ether oxygens (including phenoxy) is 2. The molecule has 2 fully saturated rings. The normalized spacial score (nSPS) is 18.3. The molecular weight excluding hydrogens is 340 g/mol. The lowest BCUT2D eigenvalue weighted by Gasteiger charge is -2.27. The van der Waals surface area contributed by atoms with Crippen molar-refractivity contribution >= 4 is 11.6 Å². The molecule has 0 spiro atoms. The van der Waals surface area contributed by atoms with Crippen molar-refractivity contribution in [2.75, 3.05) is 36.5 Å². The van der Waals surface area contributed by atoms with E-state index in [0.29, 0.717) is 6.10 Å². The van der Waals surface area contributed by atoms with Crippen LogP contribution in [-0.4, -0.2) is 42.4 Å². The highest BCUT2D eigenvalue weighted by molar-refractivity contribution is 5.49. The molecule has 0 bridgehead atoms. The van der Waals surface area contributed by atoms with Gasteiger partial charge in [0.05, 0.1) is 19.3 Å². The zero-order valence-electron chi connectivity index (χ0n) is 15.8. The summed E-state index contributed by atoms with van der Waals surface area (Å²) in [5.74, 6) is 2.77. The van der Waals surface area contributed by atoms with Crippen molar-refractivity contribution in [3.63, 3.8) is 0 Å². The molecule has 4 rings (SSSR count). The summed E-state index contributed by atoms with van der Waals surface area (Å²) in [6.45, 7) is 3.98. The van der Waals surface area contributed by atoms with Gasteiger partial charge in [-0.1, -0.05) is 18.6 Å². The standard InChI is InChI=1S/C21H28N4O2/c1-2-4-18(5-3-1)27-19-8-6-17(7-9-19)15-22-20-14-21(24-16-23-20)25-10-12-26-13-11-25/h6-9,14,16,18H,1-5,10-13,15H2,(H,22,23,24). The molecule has 1 aliphatic heterocycles. The molecule has 0 amide bonds. The maximum Gasteiger partial charge on any atom is 0.134 e. The number of benzene rings is 1. The fourth-order valence-electron chi connectivity index (χ4n) is 3.66. The molecule has 2 aliphatic rings. The summed E-state index contributed by atoms with van der Waals surface area (Å²) >= 11 is 0. The van der Waals surface area contributed by atoms with Crippen LogP contribution in [0.25, 0.3) is 0 Å². The van der Waals surface area contributed by atoms with Gasteiger partial charge >= 0.3 is 0 Å². The topological polar surface area (TPSA) is 59.5 Å². The van der Waals surface area contributed by atoms with Gasteiger partial charge in [0.15, 0.2) is 0 Å². The predicted octanol–water partition coefficient (Wildman–Crippen LogP) is 3.64. The second-order valence-electron chi connectivity index (χ2n) is 7.24. The van der Waals surface area contributed by atoms with Crippen LogP contribution >= 0.6 is 0 Å². The summed E-state index contributed by atoms with van der Waals surface area (Å²) in [5, 5.41) is 3.39. The number of nitrogens with zero attached hydrogens (tertiary/aromatic N) is 3. The fraction of sp³-hybridized carbons (Fsp3) is 0.524. The van der Waals surface area contributed by atoms with Gasteiger partial charge in [-0.2, -0.15) is 0 Å². The van der Waals surface area contributed by atoms with Crippen molar-refractivity contribution in [3.05, 3.63) is 42.2 Å². The predicted molar refractivity (Wildman–Crippen MR) is 106 cm³/mol. The molecule has 1 aliphatic carbocycles. The van der Waals surface area contributed by atoms with E-state index in [1.54, 1.807) is 6.33 Å². The van der Waals surface area contributed by atoms with Gasteiger partial charge in [-0.3, -0.25) is 0 Å². The lowest BCUT2D eigenvalue weighted by atomic mass is 9.98. The average molecular weight is 368 g/mol. The molecule has 0 atom stereocenters. The second-order valence-corrected chi connectivity index (χ2v) is 7.24. The number of anilines is 2. The van der Waals surface area contributed by atoms with Crippen molar-refractivity contribution in [2.24, 2.45) is 0 Å². The van der Waals surface area contributed by atoms with Crippen LogP contribution in [0.1, 0.15) is 37.7 Å². The second kappa shape index (κ2) is 9.04. The van der Waals surface area contributed by atoms with E-state index in [1.807, 2.05) is 6.07 Å². The van der Waals surface area contributed by atoms with Crippen LogP contribution in [0, 0.1) is 0 Å². The van der Waals surface area contributed by atoms with Gasteiger partial charge in [0.25, 0.3) is 0 Å². The van der Waals surface area contributed by atoms with Gasteiger partial charge in [-0.15, -0.1) is 0 Å². The third-order valence-electron chi connectivity index (χ3n) is 5.24. The molecule has 1 saturated heterocycles. The Hall–Kier alpha value is -2.34. The number of hydrogen-bond acceptors (Lipinski definition) is 6. The highest BCUT2D eigenvalue weighted by atomic mass is 16.5. The van der Waals surface area contributed by atoms with Crippen LogP contribution in [0.5, 0.6) is 5.75 Å². The smallest absolute Gasteiger partial charge is 0.134 e. The molecule has 0 unspecified atom stereocenters. The minimum absolute atomic E-state index is 0.391. The lowest BCUT2D eigenvalue weighted by Crippen LogP contribution is -2.36. The molecule has 1 saturated carbocycles. The van der Waals surface area contributed by atoms with Gasteiger partial charge in [0, 0.05) is 25.7 Å². The minimum Gasteiger partial charge on any atom is -0.490 e. The molecule has 1 aromatic heterocycles. The molecule has 6 heteroatoms. The van der Waals surface area contributed by atoms with Crippen molar-refractivity contribution in [1.82, 2.24) is 9.97 Å². The Morgan fingerprint density at radius 3 is 2.59 bits per heavy atom. The van der Waals surface area contributed by atoms with Crippen LogP contribution < -0.4 is 15.0 Å². The fourth-order valence-corrected chi connectivity index (χ4v) is 3.66. The highest BCUT2D eigenvalue weighted by Crippen LogP contribution is 2.24. The Kier molecular flexibility index (Phi) is 6.04. The molecule has 2 aromatic rings. The largest absolute Gasteiger partial charge is 0.490 e. The number of aromatic nitrogens is 2. The number of morpholine rings is 1. The summed E-state index contributed by atoms with van der Waals surface area (Å²) in [6.07, 6.45) is 8.30. The first-order valence-corrected chi connectivity index (χ1v) is 10.0. The first kappa shape index (κ1) is 18.0. The summed E-state index contributed by atoms with van der Waals surface area (Å²) in [6, 6.07) is 10.4. The zero-order chi connectivity index (χ0) is 18.3.